The number of nitrogens with one attached hydrogen (secondary N) is 1. The first kappa shape index (κ1) is 24.8. The van der Waals surface area contributed by atoms with Crippen LogP contribution >= 0.6 is 0 Å². The number of aliphatic carboxylic acids is 1. The first-order valence-electron chi connectivity index (χ1n) is 12.4. The number of carboxylic acid groups (broad SMARTS) is 1. The van der Waals surface area contributed by atoms with Crippen molar-refractivity contribution in [1.29, 1.82) is 0 Å². The van der Waals surface area contributed by atoms with Crippen LogP contribution in [0.2, 0.25) is 0 Å². The van der Waals surface area contributed by atoms with E-state index in [1.165, 1.54) is 0 Å². The number of rotatable bonds is 7. The van der Waals surface area contributed by atoms with Crippen molar-refractivity contribution in [1.82, 2.24) is 10.2 Å². The van der Waals surface area contributed by atoms with Crippen LogP contribution in [-0.4, -0.2) is 53.2 Å². The van der Waals surface area contributed by atoms with Gasteiger partial charge >= 0.3 is 12.1 Å². The van der Waals surface area contributed by atoms with Gasteiger partial charge in [-0.05, 0) is 47.9 Å². The molecular formula is C28H34N2O5. The Morgan fingerprint density at radius 2 is 1.63 bits per heavy atom. The van der Waals surface area contributed by atoms with Gasteiger partial charge in [0.25, 0.3) is 0 Å². The molecule has 0 aromatic heterocycles. The number of likely N-dealkylation sites (tertiary alicyclic amines) is 1. The summed E-state index contributed by atoms with van der Waals surface area (Å²) in [7, 11) is 0. The number of benzene rings is 2. The molecule has 7 nitrogen and oxygen atoms in total. The molecule has 1 saturated heterocycles. The second-order valence-corrected chi connectivity index (χ2v) is 10.0. The average molecular weight is 479 g/mol. The van der Waals surface area contributed by atoms with Gasteiger partial charge in [-0.3, -0.25) is 9.59 Å². The number of ether oxygens (including phenoxy) is 1. The molecular weight excluding hydrogens is 444 g/mol. The fourth-order valence-corrected chi connectivity index (χ4v) is 5.21. The van der Waals surface area contributed by atoms with Crippen molar-refractivity contribution in [2.75, 3.05) is 13.2 Å². The van der Waals surface area contributed by atoms with Gasteiger partial charge in [0, 0.05) is 31.0 Å². The van der Waals surface area contributed by atoms with Gasteiger partial charge in [-0.15, -0.1) is 0 Å². The number of carboxylic acids is 1. The Morgan fingerprint density at radius 3 is 2.20 bits per heavy atom. The number of piperidine rings is 1. The second kappa shape index (κ2) is 10.5. The lowest BCUT2D eigenvalue weighted by molar-refractivity contribution is -0.147. The van der Waals surface area contributed by atoms with Gasteiger partial charge in [0.15, 0.2) is 0 Å². The summed E-state index contributed by atoms with van der Waals surface area (Å²) in [6.07, 6.45) is 0.799. The summed E-state index contributed by atoms with van der Waals surface area (Å²) in [6, 6.07) is 15.9. The van der Waals surface area contributed by atoms with Crippen molar-refractivity contribution >= 4 is 18.0 Å². The molecule has 35 heavy (non-hydrogen) atoms. The molecule has 0 radical (unpaired) electrons. The first-order valence-corrected chi connectivity index (χ1v) is 12.4. The maximum atomic E-state index is 13.1. The van der Waals surface area contributed by atoms with Gasteiger partial charge in [-0.25, -0.2) is 4.79 Å². The minimum atomic E-state index is -0.869. The number of hydrogen-bond donors (Lipinski definition) is 2. The molecule has 1 heterocycles. The van der Waals surface area contributed by atoms with Crippen LogP contribution in [0, 0.1) is 11.8 Å². The second-order valence-electron chi connectivity index (χ2n) is 10.0. The van der Waals surface area contributed by atoms with Crippen molar-refractivity contribution in [2.45, 2.75) is 58.0 Å². The number of fused-ring (bicyclic) bond motifs is 3. The molecule has 4 rings (SSSR count). The molecule has 1 fully saturated rings. The highest BCUT2D eigenvalue weighted by Crippen LogP contribution is 2.44. The predicted octanol–water partition coefficient (Wildman–Crippen LogP) is 4.65. The summed E-state index contributed by atoms with van der Waals surface area (Å²) in [6.45, 7) is 6.26. The van der Waals surface area contributed by atoms with Gasteiger partial charge in [-0.2, -0.15) is 0 Å². The highest BCUT2D eigenvalue weighted by molar-refractivity contribution is 5.80. The number of amides is 2. The Kier molecular flexibility index (Phi) is 7.43. The molecule has 0 bridgehead atoms. The number of hydrogen-bond acceptors (Lipinski definition) is 4. The van der Waals surface area contributed by atoms with Crippen molar-refractivity contribution < 1.29 is 24.2 Å². The van der Waals surface area contributed by atoms with E-state index in [0.717, 1.165) is 22.3 Å². The zero-order valence-electron chi connectivity index (χ0n) is 20.6. The van der Waals surface area contributed by atoms with E-state index in [0.29, 0.717) is 12.8 Å². The van der Waals surface area contributed by atoms with E-state index >= 15 is 0 Å². The van der Waals surface area contributed by atoms with Crippen LogP contribution < -0.4 is 5.32 Å². The molecule has 1 aliphatic carbocycles. The average Bonchev–Trinajstić information content (AvgIpc) is 3.16. The van der Waals surface area contributed by atoms with Gasteiger partial charge in [0.2, 0.25) is 5.91 Å². The summed E-state index contributed by atoms with van der Waals surface area (Å²) < 4.78 is 5.66. The van der Waals surface area contributed by atoms with E-state index in [9.17, 15) is 19.5 Å². The SMILES string of the molecule is CC(C)C(CC(=O)N1CC(C(=O)O)CCC1C)NC(=O)OCC1c2ccccc2-c2ccccc21. The minimum absolute atomic E-state index is 0.00907. The molecule has 0 spiro atoms. The highest BCUT2D eigenvalue weighted by Gasteiger charge is 2.34. The monoisotopic (exact) mass is 478 g/mol. The van der Waals surface area contributed by atoms with Crippen molar-refractivity contribution in [3.63, 3.8) is 0 Å². The largest absolute Gasteiger partial charge is 0.481 e. The van der Waals surface area contributed by atoms with Crippen molar-refractivity contribution in [2.24, 2.45) is 11.8 Å². The fourth-order valence-electron chi connectivity index (χ4n) is 5.21. The molecule has 3 atom stereocenters. The van der Waals surface area contributed by atoms with E-state index < -0.39 is 24.0 Å². The standard InChI is InChI=1S/C28H34N2O5/c1-17(2)25(14-26(31)30-15-19(27(32)33)13-12-18(30)3)29-28(34)35-16-24-22-10-6-4-8-20(22)21-9-5-7-11-23(21)24/h4-11,17-19,24-25H,12-16H2,1-3H3,(H,29,34)(H,32,33). The van der Waals surface area contributed by atoms with Gasteiger partial charge in [0.1, 0.15) is 6.61 Å². The lowest BCUT2D eigenvalue weighted by atomic mass is 9.92. The summed E-state index contributed by atoms with van der Waals surface area (Å²) in [5.74, 6) is -1.57. The normalized spacial score (nSPS) is 20.2. The molecule has 2 N–H and O–H groups in total. The molecule has 2 aromatic carbocycles. The Balaban J connectivity index is 1.37. The van der Waals surface area contributed by atoms with E-state index in [1.54, 1.807) is 4.90 Å². The van der Waals surface area contributed by atoms with Crippen LogP contribution in [0.25, 0.3) is 11.1 Å². The predicted molar refractivity (Wildman–Crippen MR) is 133 cm³/mol. The summed E-state index contributed by atoms with van der Waals surface area (Å²) >= 11 is 0. The topological polar surface area (TPSA) is 95.9 Å². The molecule has 2 aliphatic rings. The van der Waals surface area contributed by atoms with Crippen molar-refractivity contribution in [3.05, 3.63) is 59.7 Å². The van der Waals surface area contributed by atoms with Gasteiger partial charge < -0.3 is 20.1 Å². The van der Waals surface area contributed by atoms with Gasteiger partial charge in [-0.1, -0.05) is 62.4 Å². The zero-order valence-corrected chi connectivity index (χ0v) is 20.6. The first-order chi connectivity index (χ1) is 16.8. The maximum absolute atomic E-state index is 13.1. The number of nitrogens with zero attached hydrogens (tertiary/aromatic N) is 1. The lowest BCUT2D eigenvalue weighted by Crippen LogP contribution is -2.50. The highest BCUT2D eigenvalue weighted by atomic mass is 16.5. The molecule has 3 unspecified atom stereocenters. The maximum Gasteiger partial charge on any atom is 0.407 e. The van der Waals surface area contributed by atoms with E-state index in [4.69, 9.17) is 4.74 Å². The van der Waals surface area contributed by atoms with E-state index in [-0.39, 0.29) is 43.4 Å². The lowest BCUT2D eigenvalue weighted by Gasteiger charge is -2.37. The van der Waals surface area contributed by atoms with Crippen LogP contribution in [0.5, 0.6) is 0 Å². The van der Waals surface area contributed by atoms with E-state index in [1.807, 2.05) is 45.0 Å². The Labute approximate surface area is 206 Å². The number of alkyl carbamates (subject to hydrolysis) is 1. The van der Waals surface area contributed by atoms with Crippen LogP contribution in [0.1, 0.15) is 57.1 Å². The smallest absolute Gasteiger partial charge is 0.407 e. The minimum Gasteiger partial charge on any atom is -0.481 e. The Bertz CT molecular complexity index is 1050. The van der Waals surface area contributed by atoms with E-state index in [2.05, 4.69) is 29.6 Å². The van der Waals surface area contributed by atoms with Crippen LogP contribution in [0.4, 0.5) is 4.79 Å². The summed E-state index contributed by atoms with van der Waals surface area (Å²) in [5.41, 5.74) is 4.62. The fraction of sp³-hybridized carbons (Fsp3) is 0.464. The molecule has 186 valence electrons. The quantitative estimate of drug-likeness (QED) is 0.604. The molecule has 0 saturated carbocycles. The zero-order chi connectivity index (χ0) is 25.1. The number of carbonyl (C=O) groups excluding carboxylic acids is 2. The van der Waals surface area contributed by atoms with Crippen LogP contribution in [0.3, 0.4) is 0 Å². The third-order valence-electron chi connectivity index (χ3n) is 7.40. The van der Waals surface area contributed by atoms with Crippen LogP contribution in [-0.2, 0) is 14.3 Å². The van der Waals surface area contributed by atoms with Crippen molar-refractivity contribution in [3.8, 4) is 11.1 Å². The molecule has 2 aromatic rings. The third-order valence-corrected chi connectivity index (χ3v) is 7.40. The number of carbonyl (C=O) groups is 3. The molecule has 1 aliphatic heterocycles. The molecule has 2 amide bonds. The summed E-state index contributed by atoms with van der Waals surface area (Å²) in [5, 5.41) is 12.3. The summed E-state index contributed by atoms with van der Waals surface area (Å²) in [4.78, 5) is 38.9. The third kappa shape index (κ3) is 5.34. The molecule has 7 heteroatoms. The Hall–Kier alpha value is -3.35. The Morgan fingerprint density at radius 1 is 1.03 bits per heavy atom. The van der Waals surface area contributed by atoms with Gasteiger partial charge in [0.05, 0.1) is 5.92 Å². The van der Waals surface area contributed by atoms with Crippen LogP contribution in [0.15, 0.2) is 48.5 Å².